The maximum Gasteiger partial charge on any atom is 0.308 e. The van der Waals surface area contributed by atoms with Gasteiger partial charge in [0.25, 0.3) is 0 Å². The molecule has 0 unspecified atom stereocenters. The zero-order valence-electron chi connectivity index (χ0n) is 14.8. The van der Waals surface area contributed by atoms with E-state index in [1.54, 1.807) is 6.07 Å². The van der Waals surface area contributed by atoms with E-state index in [-0.39, 0.29) is 5.97 Å². The number of para-hydroxylation sites is 1. The quantitative estimate of drug-likeness (QED) is 0.398. The number of ether oxygens (including phenoxy) is 1. The Balaban J connectivity index is 1.90. The second-order valence-corrected chi connectivity index (χ2v) is 6.13. The normalized spacial score (nSPS) is 10.6. The summed E-state index contributed by atoms with van der Waals surface area (Å²) in [6, 6.07) is 27.5. The van der Waals surface area contributed by atoms with Crippen LogP contribution in [0.5, 0.6) is 5.75 Å². The van der Waals surface area contributed by atoms with Crippen molar-refractivity contribution in [1.82, 2.24) is 9.97 Å². The number of hydrogen-bond donors (Lipinski definition) is 1. The van der Waals surface area contributed by atoms with Crippen LogP contribution in [0.15, 0.2) is 84.9 Å². The summed E-state index contributed by atoms with van der Waals surface area (Å²) in [6.45, 7) is 1.39. The first-order chi connectivity index (χ1) is 13.2. The highest BCUT2D eigenvalue weighted by Crippen LogP contribution is 2.35. The Bertz CT molecular complexity index is 1010. The number of aromatic nitrogens is 2. The van der Waals surface area contributed by atoms with E-state index in [2.05, 4.69) is 4.98 Å². The molecule has 0 saturated carbocycles. The molecule has 0 bridgehead atoms. The van der Waals surface area contributed by atoms with Crippen molar-refractivity contribution in [3.63, 3.8) is 0 Å². The van der Waals surface area contributed by atoms with Gasteiger partial charge in [0.15, 0.2) is 0 Å². The molecule has 4 aromatic rings. The van der Waals surface area contributed by atoms with Crippen molar-refractivity contribution in [2.45, 2.75) is 6.92 Å². The molecule has 1 N–H and O–H groups in total. The Morgan fingerprint density at radius 2 is 1.41 bits per heavy atom. The van der Waals surface area contributed by atoms with Gasteiger partial charge < -0.3 is 9.72 Å². The van der Waals surface area contributed by atoms with Crippen LogP contribution in [0.4, 0.5) is 0 Å². The van der Waals surface area contributed by atoms with Crippen LogP contribution in [0.2, 0.25) is 0 Å². The smallest absolute Gasteiger partial charge is 0.308 e. The topological polar surface area (TPSA) is 55.0 Å². The van der Waals surface area contributed by atoms with Crippen molar-refractivity contribution in [1.29, 1.82) is 0 Å². The van der Waals surface area contributed by atoms with E-state index in [9.17, 15) is 4.79 Å². The molecular weight excluding hydrogens is 336 g/mol. The standard InChI is InChI=1S/C23H18N2O2/c1-16(26)27-20-15-9-8-14-19(20)23-24-21(17-10-4-2-5-11-17)22(25-23)18-12-6-3-7-13-18/h2-15H,1H3,(H,24,25). The van der Waals surface area contributed by atoms with Crippen LogP contribution in [0.3, 0.4) is 0 Å². The zero-order valence-corrected chi connectivity index (χ0v) is 14.8. The van der Waals surface area contributed by atoms with Crippen molar-refractivity contribution in [3.05, 3.63) is 84.9 Å². The third kappa shape index (κ3) is 3.51. The minimum Gasteiger partial charge on any atom is -0.426 e. The summed E-state index contributed by atoms with van der Waals surface area (Å²) in [5, 5.41) is 0. The maximum atomic E-state index is 11.5. The molecule has 0 radical (unpaired) electrons. The number of H-pyrrole nitrogens is 1. The van der Waals surface area contributed by atoms with Gasteiger partial charge in [-0.1, -0.05) is 72.8 Å². The number of carbonyl (C=O) groups excluding carboxylic acids is 1. The number of hydrogen-bond acceptors (Lipinski definition) is 3. The Kier molecular flexibility index (Phi) is 4.54. The number of carbonyl (C=O) groups is 1. The number of rotatable bonds is 4. The van der Waals surface area contributed by atoms with Crippen LogP contribution < -0.4 is 4.74 Å². The fourth-order valence-corrected chi connectivity index (χ4v) is 3.03. The lowest BCUT2D eigenvalue weighted by atomic mass is 10.1. The van der Waals surface area contributed by atoms with Crippen molar-refractivity contribution in [2.75, 3.05) is 0 Å². The fourth-order valence-electron chi connectivity index (χ4n) is 3.03. The van der Waals surface area contributed by atoms with Gasteiger partial charge in [-0.15, -0.1) is 0 Å². The van der Waals surface area contributed by atoms with Crippen LogP contribution in [0.25, 0.3) is 33.9 Å². The largest absolute Gasteiger partial charge is 0.426 e. The number of nitrogens with zero attached hydrogens (tertiary/aromatic N) is 1. The Morgan fingerprint density at radius 3 is 2.07 bits per heavy atom. The van der Waals surface area contributed by atoms with Crippen LogP contribution in [0.1, 0.15) is 6.92 Å². The molecule has 4 rings (SSSR count). The van der Waals surface area contributed by atoms with E-state index in [4.69, 9.17) is 9.72 Å². The molecule has 0 aliphatic heterocycles. The van der Waals surface area contributed by atoms with Gasteiger partial charge in [-0.25, -0.2) is 4.98 Å². The number of nitrogens with one attached hydrogen (secondary N) is 1. The van der Waals surface area contributed by atoms with Gasteiger partial charge in [-0.05, 0) is 12.1 Å². The van der Waals surface area contributed by atoms with E-state index in [0.717, 1.165) is 28.1 Å². The summed E-state index contributed by atoms with van der Waals surface area (Å²) in [6.07, 6.45) is 0. The van der Waals surface area contributed by atoms with Gasteiger partial charge in [-0.3, -0.25) is 4.79 Å². The molecule has 0 spiro atoms. The summed E-state index contributed by atoms with van der Waals surface area (Å²) in [5.74, 6) is 0.781. The molecule has 3 aromatic carbocycles. The fraction of sp³-hybridized carbons (Fsp3) is 0.0435. The van der Waals surface area contributed by atoms with Crippen molar-refractivity contribution in [3.8, 4) is 39.7 Å². The van der Waals surface area contributed by atoms with E-state index >= 15 is 0 Å². The highest BCUT2D eigenvalue weighted by Gasteiger charge is 2.17. The van der Waals surface area contributed by atoms with Gasteiger partial charge in [0, 0.05) is 18.1 Å². The molecule has 1 aromatic heterocycles. The monoisotopic (exact) mass is 354 g/mol. The number of benzene rings is 3. The van der Waals surface area contributed by atoms with E-state index in [1.165, 1.54) is 6.92 Å². The summed E-state index contributed by atoms with van der Waals surface area (Å²) in [5.41, 5.74) is 4.58. The molecule has 0 aliphatic rings. The summed E-state index contributed by atoms with van der Waals surface area (Å²) < 4.78 is 5.36. The third-order valence-electron chi connectivity index (χ3n) is 4.21. The van der Waals surface area contributed by atoms with Crippen molar-refractivity contribution in [2.24, 2.45) is 0 Å². The SMILES string of the molecule is CC(=O)Oc1ccccc1-c1nc(-c2ccccc2)c(-c2ccccc2)[nH]1. The van der Waals surface area contributed by atoms with E-state index < -0.39 is 0 Å². The van der Waals surface area contributed by atoms with E-state index in [1.807, 2.05) is 78.9 Å². The van der Waals surface area contributed by atoms with Crippen molar-refractivity contribution >= 4 is 5.97 Å². The van der Waals surface area contributed by atoms with Gasteiger partial charge in [-0.2, -0.15) is 0 Å². The third-order valence-corrected chi connectivity index (χ3v) is 4.21. The Hall–Kier alpha value is -3.66. The van der Waals surface area contributed by atoms with Crippen LogP contribution in [0, 0.1) is 0 Å². The molecule has 0 atom stereocenters. The number of aromatic amines is 1. The summed E-state index contributed by atoms with van der Waals surface area (Å²) >= 11 is 0. The minimum absolute atomic E-state index is 0.361. The van der Waals surface area contributed by atoms with Crippen LogP contribution in [-0.2, 0) is 4.79 Å². The van der Waals surface area contributed by atoms with Crippen LogP contribution >= 0.6 is 0 Å². The van der Waals surface area contributed by atoms with Gasteiger partial charge >= 0.3 is 5.97 Å². The van der Waals surface area contributed by atoms with Crippen LogP contribution in [-0.4, -0.2) is 15.9 Å². The lowest BCUT2D eigenvalue weighted by molar-refractivity contribution is -0.131. The minimum atomic E-state index is -0.361. The van der Waals surface area contributed by atoms with Gasteiger partial charge in [0.05, 0.1) is 17.0 Å². The lowest BCUT2D eigenvalue weighted by Crippen LogP contribution is -2.02. The first-order valence-electron chi connectivity index (χ1n) is 8.71. The Labute approximate surface area is 157 Å². The second-order valence-electron chi connectivity index (χ2n) is 6.13. The predicted octanol–water partition coefficient (Wildman–Crippen LogP) is 5.34. The molecule has 1 heterocycles. The van der Waals surface area contributed by atoms with Gasteiger partial charge in [0.1, 0.15) is 11.6 Å². The first kappa shape index (κ1) is 16.8. The first-order valence-corrected chi connectivity index (χ1v) is 8.71. The Morgan fingerprint density at radius 1 is 0.815 bits per heavy atom. The summed E-state index contributed by atoms with van der Waals surface area (Å²) in [4.78, 5) is 19.7. The molecule has 0 aliphatic carbocycles. The van der Waals surface area contributed by atoms with Crippen molar-refractivity contribution < 1.29 is 9.53 Å². The molecule has 132 valence electrons. The molecule has 27 heavy (non-hydrogen) atoms. The highest BCUT2D eigenvalue weighted by atomic mass is 16.5. The molecule has 0 fully saturated rings. The molecule has 4 heteroatoms. The highest BCUT2D eigenvalue weighted by molar-refractivity contribution is 5.82. The average Bonchev–Trinajstić information content (AvgIpc) is 3.15. The average molecular weight is 354 g/mol. The molecular formula is C23H18N2O2. The number of esters is 1. The molecule has 0 saturated heterocycles. The number of imidazole rings is 1. The molecule has 0 amide bonds. The zero-order chi connectivity index (χ0) is 18.6. The second kappa shape index (κ2) is 7.30. The molecule has 4 nitrogen and oxygen atoms in total. The predicted molar refractivity (Wildman–Crippen MR) is 106 cm³/mol. The van der Waals surface area contributed by atoms with E-state index in [0.29, 0.717) is 11.6 Å². The van der Waals surface area contributed by atoms with Gasteiger partial charge in [0.2, 0.25) is 0 Å². The summed E-state index contributed by atoms with van der Waals surface area (Å²) in [7, 11) is 0. The lowest BCUT2D eigenvalue weighted by Gasteiger charge is -2.06. The maximum absolute atomic E-state index is 11.5.